The lowest BCUT2D eigenvalue weighted by Crippen LogP contribution is -2.40. The van der Waals surface area contributed by atoms with Gasteiger partial charge < -0.3 is 10.0 Å². The van der Waals surface area contributed by atoms with E-state index in [1.54, 1.807) is 24.0 Å². The zero-order valence-electron chi connectivity index (χ0n) is 16.2. The predicted molar refractivity (Wildman–Crippen MR) is 107 cm³/mol. The van der Waals surface area contributed by atoms with Crippen molar-refractivity contribution in [3.8, 4) is 0 Å². The maximum absolute atomic E-state index is 13.4. The van der Waals surface area contributed by atoms with E-state index in [-0.39, 0.29) is 24.0 Å². The van der Waals surface area contributed by atoms with E-state index < -0.39 is 16.1 Å². The molecule has 0 bridgehead atoms. The molecule has 1 aliphatic heterocycles. The number of aliphatic hydroxyl groups excluding tert-OH is 1. The highest BCUT2D eigenvalue weighted by Crippen LogP contribution is 2.26. The molecule has 1 amide bonds. The minimum Gasteiger partial charge on any atom is -0.395 e. The van der Waals surface area contributed by atoms with Crippen LogP contribution in [0.25, 0.3) is 0 Å². The molecule has 0 fully saturated rings. The van der Waals surface area contributed by atoms with E-state index >= 15 is 0 Å². The second-order valence-corrected chi connectivity index (χ2v) is 9.08. The van der Waals surface area contributed by atoms with Crippen LogP contribution in [-0.2, 0) is 34.3 Å². The fourth-order valence-electron chi connectivity index (χ4n) is 3.43. The first-order valence-corrected chi connectivity index (χ1v) is 10.8. The molecule has 0 aromatic heterocycles. The number of carbonyl (C=O) groups is 1. The van der Waals surface area contributed by atoms with Crippen LogP contribution in [0.5, 0.6) is 0 Å². The first-order chi connectivity index (χ1) is 13.3. The van der Waals surface area contributed by atoms with Crippen molar-refractivity contribution in [2.75, 3.05) is 13.2 Å². The highest BCUT2D eigenvalue weighted by Gasteiger charge is 2.30. The summed E-state index contributed by atoms with van der Waals surface area (Å²) in [7, 11) is -3.81. The molecule has 0 spiro atoms. The normalized spacial score (nSPS) is 15.4. The summed E-state index contributed by atoms with van der Waals surface area (Å²) in [5.74, 6) is -0.0153. The number of sulfonamides is 1. The Morgan fingerprint density at radius 1 is 1.18 bits per heavy atom. The van der Waals surface area contributed by atoms with Gasteiger partial charge in [0, 0.05) is 32.6 Å². The first kappa shape index (κ1) is 20.5. The first-order valence-electron chi connectivity index (χ1n) is 9.37. The van der Waals surface area contributed by atoms with E-state index in [4.69, 9.17) is 0 Å². The zero-order chi connectivity index (χ0) is 20.3. The lowest BCUT2D eigenvalue weighted by atomic mass is 10.00. The SMILES string of the molecule is CC(=O)N1CCc2ccc(S(=O)(=O)N(Cc3ccccc3)[C@H](C)CO)cc2C1. The number of fused-ring (bicyclic) bond motifs is 1. The number of carbonyl (C=O) groups excluding carboxylic acids is 1. The molecule has 0 unspecified atom stereocenters. The minimum absolute atomic E-state index is 0.0153. The molecule has 1 N–H and O–H groups in total. The maximum atomic E-state index is 13.4. The second-order valence-electron chi connectivity index (χ2n) is 7.19. The molecule has 1 heterocycles. The third-order valence-corrected chi connectivity index (χ3v) is 7.14. The standard InChI is InChI=1S/C21H26N2O4S/c1-16(15-24)23(13-18-6-4-3-5-7-18)28(26,27)21-9-8-19-10-11-22(17(2)25)14-20(19)12-21/h3-9,12,16,24H,10-11,13-15H2,1-2H3/t16-/m1/s1. The van der Waals surface area contributed by atoms with E-state index in [9.17, 15) is 18.3 Å². The average molecular weight is 403 g/mol. The summed E-state index contributed by atoms with van der Waals surface area (Å²) >= 11 is 0. The van der Waals surface area contributed by atoms with Crippen LogP contribution in [-0.4, -0.2) is 47.8 Å². The van der Waals surface area contributed by atoms with Crippen molar-refractivity contribution >= 4 is 15.9 Å². The van der Waals surface area contributed by atoms with E-state index in [2.05, 4.69) is 0 Å². The molecule has 3 rings (SSSR count). The van der Waals surface area contributed by atoms with Gasteiger partial charge in [0.05, 0.1) is 11.5 Å². The molecule has 7 heteroatoms. The van der Waals surface area contributed by atoms with Crippen LogP contribution < -0.4 is 0 Å². The van der Waals surface area contributed by atoms with Gasteiger partial charge in [-0.05, 0) is 42.2 Å². The van der Waals surface area contributed by atoms with E-state index in [0.717, 1.165) is 23.1 Å². The van der Waals surface area contributed by atoms with Gasteiger partial charge in [0.15, 0.2) is 0 Å². The molecule has 2 aromatic carbocycles. The number of rotatable bonds is 6. The van der Waals surface area contributed by atoms with Gasteiger partial charge in [-0.3, -0.25) is 4.79 Å². The fourth-order valence-corrected chi connectivity index (χ4v) is 5.09. The molecule has 0 aliphatic carbocycles. The van der Waals surface area contributed by atoms with Gasteiger partial charge in [-0.1, -0.05) is 36.4 Å². The minimum atomic E-state index is -3.81. The van der Waals surface area contributed by atoms with Gasteiger partial charge >= 0.3 is 0 Å². The molecule has 2 aromatic rings. The van der Waals surface area contributed by atoms with Gasteiger partial charge in [-0.25, -0.2) is 8.42 Å². The molecule has 6 nitrogen and oxygen atoms in total. The summed E-state index contributed by atoms with van der Waals surface area (Å²) in [5.41, 5.74) is 2.78. The van der Waals surface area contributed by atoms with Crippen LogP contribution in [0.4, 0.5) is 0 Å². The van der Waals surface area contributed by atoms with Gasteiger partial charge in [0.2, 0.25) is 15.9 Å². The predicted octanol–water partition coefficient (Wildman–Crippen LogP) is 2.16. The number of nitrogens with zero attached hydrogens (tertiary/aromatic N) is 2. The van der Waals surface area contributed by atoms with Crippen LogP contribution >= 0.6 is 0 Å². The van der Waals surface area contributed by atoms with Crippen molar-refractivity contribution in [1.29, 1.82) is 0 Å². The third-order valence-electron chi connectivity index (χ3n) is 5.18. The van der Waals surface area contributed by atoms with E-state index in [1.165, 1.54) is 11.2 Å². The van der Waals surface area contributed by atoms with Crippen LogP contribution in [0.1, 0.15) is 30.5 Å². The number of hydrogen-bond donors (Lipinski definition) is 1. The molecule has 28 heavy (non-hydrogen) atoms. The van der Waals surface area contributed by atoms with Gasteiger partial charge in [0.1, 0.15) is 0 Å². The Morgan fingerprint density at radius 2 is 1.89 bits per heavy atom. The van der Waals surface area contributed by atoms with Crippen molar-refractivity contribution < 1.29 is 18.3 Å². The lowest BCUT2D eigenvalue weighted by Gasteiger charge is -2.30. The van der Waals surface area contributed by atoms with Gasteiger partial charge in [0.25, 0.3) is 0 Å². The molecular formula is C21H26N2O4S. The maximum Gasteiger partial charge on any atom is 0.243 e. The highest BCUT2D eigenvalue weighted by atomic mass is 32.2. The number of aliphatic hydroxyl groups is 1. The summed E-state index contributed by atoms with van der Waals surface area (Å²) in [4.78, 5) is 13.6. The average Bonchev–Trinajstić information content (AvgIpc) is 2.71. The van der Waals surface area contributed by atoms with Crippen LogP contribution in [0.3, 0.4) is 0 Å². The summed E-state index contributed by atoms with van der Waals surface area (Å²) in [5, 5.41) is 9.63. The van der Waals surface area contributed by atoms with Crippen molar-refractivity contribution in [1.82, 2.24) is 9.21 Å². The second kappa shape index (κ2) is 8.43. The quantitative estimate of drug-likeness (QED) is 0.803. The van der Waals surface area contributed by atoms with Gasteiger partial charge in [-0.15, -0.1) is 0 Å². The summed E-state index contributed by atoms with van der Waals surface area (Å²) in [6.07, 6.45) is 0.718. The zero-order valence-corrected chi connectivity index (χ0v) is 17.0. The Kier molecular flexibility index (Phi) is 6.17. The largest absolute Gasteiger partial charge is 0.395 e. The Hall–Kier alpha value is -2.22. The summed E-state index contributed by atoms with van der Waals surface area (Å²) < 4.78 is 28.1. The third kappa shape index (κ3) is 4.27. The monoisotopic (exact) mass is 402 g/mol. The molecule has 150 valence electrons. The Morgan fingerprint density at radius 3 is 2.54 bits per heavy atom. The summed E-state index contributed by atoms with van der Waals surface area (Å²) in [6, 6.07) is 13.9. The molecule has 1 aliphatic rings. The number of benzene rings is 2. The highest BCUT2D eigenvalue weighted by molar-refractivity contribution is 7.89. The van der Waals surface area contributed by atoms with Crippen LogP contribution in [0.2, 0.25) is 0 Å². The molecular weight excluding hydrogens is 376 g/mol. The van der Waals surface area contributed by atoms with Crippen molar-refractivity contribution in [3.63, 3.8) is 0 Å². The Bertz CT molecular complexity index is 944. The topological polar surface area (TPSA) is 77.9 Å². The van der Waals surface area contributed by atoms with Crippen molar-refractivity contribution in [2.45, 2.75) is 44.3 Å². The molecule has 0 saturated heterocycles. The number of amides is 1. The number of hydrogen-bond acceptors (Lipinski definition) is 4. The van der Waals surface area contributed by atoms with Crippen LogP contribution in [0.15, 0.2) is 53.4 Å². The Balaban J connectivity index is 1.95. The van der Waals surface area contributed by atoms with Crippen LogP contribution in [0, 0.1) is 0 Å². The van der Waals surface area contributed by atoms with Crippen molar-refractivity contribution in [3.05, 3.63) is 65.2 Å². The van der Waals surface area contributed by atoms with E-state index in [1.807, 2.05) is 36.4 Å². The van der Waals surface area contributed by atoms with Crippen molar-refractivity contribution in [2.24, 2.45) is 0 Å². The fraction of sp³-hybridized carbons (Fsp3) is 0.381. The smallest absolute Gasteiger partial charge is 0.243 e. The molecule has 1 atom stereocenters. The van der Waals surface area contributed by atoms with E-state index in [0.29, 0.717) is 13.1 Å². The Labute approximate surface area is 166 Å². The molecule has 0 saturated carbocycles. The molecule has 0 radical (unpaired) electrons. The lowest BCUT2D eigenvalue weighted by molar-refractivity contribution is -0.129. The van der Waals surface area contributed by atoms with Gasteiger partial charge in [-0.2, -0.15) is 4.31 Å². The summed E-state index contributed by atoms with van der Waals surface area (Å²) in [6.45, 7) is 4.20.